The van der Waals surface area contributed by atoms with Gasteiger partial charge in [0.25, 0.3) is 5.56 Å². The molecule has 2 heterocycles. The number of nitrogens with one attached hydrogen (secondary N) is 4. The van der Waals surface area contributed by atoms with Crippen LogP contribution in [0.2, 0.25) is 0 Å². The summed E-state index contributed by atoms with van der Waals surface area (Å²) >= 11 is 0. The summed E-state index contributed by atoms with van der Waals surface area (Å²) in [6.45, 7) is 3.56. The number of aromatic amines is 3. The fraction of sp³-hybridized carbons (Fsp3) is 0.222. The molecule has 0 atom stereocenters. The molecule has 1 aromatic carbocycles. The predicted octanol–water partition coefficient (Wildman–Crippen LogP) is 1.64. The number of hydrogen-bond acceptors (Lipinski definition) is 4. The monoisotopic (exact) mass is 353 g/mol. The van der Waals surface area contributed by atoms with Gasteiger partial charge in [0.2, 0.25) is 5.91 Å². The van der Waals surface area contributed by atoms with Gasteiger partial charge in [0.15, 0.2) is 0 Å². The van der Waals surface area contributed by atoms with E-state index in [4.69, 9.17) is 0 Å². The van der Waals surface area contributed by atoms with E-state index in [0.29, 0.717) is 23.5 Å². The number of aromatic nitrogens is 4. The molecular weight excluding hydrogens is 334 g/mol. The van der Waals surface area contributed by atoms with E-state index in [-0.39, 0.29) is 23.6 Å². The van der Waals surface area contributed by atoms with Crippen LogP contribution in [0.5, 0.6) is 0 Å². The first kappa shape index (κ1) is 17.4. The summed E-state index contributed by atoms with van der Waals surface area (Å²) in [5.41, 5.74) is 3.88. The number of aryl methyl sites for hydroxylation is 2. The van der Waals surface area contributed by atoms with Crippen LogP contribution >= 0.6 is 0 Å². The second-order valence-electron chi connectivity index (χ2n) is 6.03. The number of carbonyl (C=O) groups excluding carboxylic acids is 1. The molecule has 0 spiro atoms. The predicted molar refractivity (Wildman–Crippen MR) is 98.1 cm³/mol. The van der Waals surface area contributed by atoms with Gasteiger partial charge >= 0.3 is 5.69 Å². The first-order valence-corrected chi connectivity index (χ1v) is 8.17. The minimum atomic E-state index is -0.378. The largest absolute Gasteiger partial charge is 0.345 e. The number of amides is 1. The second-order valence-corrected chi connectivity index (χ2v) is 6.03. The van der Waals surface area contributed by atoms with Gasteiger partial charge in [-0.3, -0.25) is 19.8 Å². The summed E-state index contributed by atoms with van der Waals surface area (Å²) in [6.07, 6.45) is 0.776. The van der Waals surface area contributed by atoms with Gasteiger partial charge in [-0.15, -0.1) is 0 Å². The highest BCUT2D eigenvalue weighted by Crippen LogP contribution is 2.18. The minimum absolute atomic E-state index is 0.127. The van der Waals surface area contributed by atoms with Crippen LogP contribution in [0.15, 0.2) is 39.9 Å². The van der Waals surface area contributed by atoms with Crippen LogP contribution in [0, 0.1) is 13.8 Å². The van der Waals surface area contributed by atoms with Gasteiger partial charge in [-0.1, -0.05) is 12.1 Å². The summed E-state index contributed by atoms with van der Waals surface area (Å²) in [5.74, 6) is -0.127. The fourth-order valence-electron chi connectivity index (χ4n) is 2.81. The van der Waals surface area contributed by atoms with E-state index in [9.17, 15) is 14.4 Å². The van der Waals surface area contributed by atoms with Crippen LogP contribution in [0.4, 0.5) is 5.69 Å². The Balaban J connectivity index is 1.62. The Morgan fingerprint density at radius 3 is 2.46 bits per heavy atom. The third-order valence-electron chi connectivity index (χ3n) is 4.13. The molecule has 3 rings (SSSR count). The Morgan fingerprint density at radius 2 is 1.85 bits per heavy atom. The van der Waals surface area contributed by atoms with Gasteiger partial charge in [0, 0.05) is 29.6 Å². The molecule has 0 unspecified atom stereocenters. The first-order valence-electron chi connectivity index (χ1n) is 8.17. The van der Waals surface area contributed by atoms with E-state index in [2.05, 4.69) is 25.5 Å². The average Bonchev–Trinajstić information content (AvgIpc) is 3.01. The highest BCUT2D eigenvalue weighted by atomic mass is 16.2. The van der Waals surface area contributed by atoms with E-state index in [1.807, 2.05) is 12.1 Å². The van der Waals surface area contributed by atoms with Gasteiger partial charge in [-0.05, 0) is 43.5 Å². The molecule has 0 aliphatic carbocycles. The number of nitrogens with zero attached hydrogens (tertiary/aromatic N) is 1. The Morgan fingerprint density at radius 1 is 1.12 bits per heavy atom. The van der Waals surface area contributed by atoms with Crippen LogP contribution in [0.1, 0.15) is 23.4 Å². The zero-order valence-electron chi connectivity index (χ0n) is 14.5. The molecule has 3 aromatic rings. The highest BCUT2D eigenvalue weighted by Gasteiger charge is 2.09. The summed E-state index contributed by atoms with van der Waals surface area (Å²) < 4.78 is 0. The topological polar surface area (TPSA) is 123 Å². The molecule has 4 N–H and O–H groups in total. The lowest BCUT2D eigenvalue weighted by atomic mass is 10.1. The van der Waals surface area contributed by atoms with E-state index in [1.165, 1.54) is 6.07 Å². The molecule has 0 radical (unpaired) electrons. The molecule has 134 valence electrons. The molecule has 8 heteroatoms. The van der Waals surface area contributed by atoms with Crippen LogP contribution < -0.4 is 16.6 Å². The number of benzene rings is 1. The molecular formula is C18H19N5O3. The zero-order chi connectivity index (χ0) is 18.7. The highest BCUT2D eigenvalue weighted by molar-refractivity contribution is 5.91. The molecule has 2 aromatic heterocycles. The van der Waals surface area contributed by atoms with E-state index < -0.39 is 0 Å². The number of anilines is 1. The number of rotatable bonds is 5. The maximum absolute atomic E-state index is 12.2. The minimum Gasteiger partial charge on any atom is -0.326 e. The maximum Gasteiger partial charge on any atom is 0.345 e. The molecule has 1 amide bonds. The summed E-state index contributed by atoms with van der Waals surface area (Å²) in [5, 5.41) is 8.10. The number of H-pyrrole nitrogens is 3. The van der Waals surface area contributed by atoms with Crippen LogP contribution in [0.25, 0.3) is 11.3 Å². The molecule has 0 bridgehead atoms. The van der Waals surface area contributed by atoms with Crippen molar-refractivity contribution in [2.75, 3.05) is 5.32 Å². The first-order chi connectivity index (χ1) is 12.4. The molecule has 0 fully saturated rings. The van der Waals surface area contributed by atoms with Gasteiger partial charge in [0.05, 0.1) is 5.69 Å². The summed E-state index contributed by atoms with van der Waals surface area (Å²) in [4.78, 5) is 41.2. The van der Waals surface area contributed by atoms with Crippen molar-refractivity contribution in [3.8, 4) is 11.3 Å². The molecule has 26 heavy (non-hydrogen) atoms. The Kier molecular flexibility index (Phi) is 4.83. The van der Waals surface area contributed by atoms with Crippen LogP contribution in [-0.2, 0) is 11.2 Å². The maximum atomic E-state index is 12.2. The molecule has 0 aliphatic rings. The summed E-state index contributed by atoms with van der Waals surface area (Å²) in [7, 11) is 0. The van der Waals surface area contributed by atoms with Crippen molar-refractivity contribution >= 4 is 11.6 Å². The second kappa shape index (κ2) is 7.22. The number of carbonyl (C=O) groups is 1. The van der Waals surface area contributed by atoms with Crippen LogP contribution in [-0.4, -0.2) is 26.1 Å². The van der Waals surface area contributed by atoms with Crippen molar-refractivity contribution in [3.05, 3.63) is 68.1 Å². The van der Waals surface area contributed by atoms with Gasteiger partial charge in [-0.25, -0.2) is 4.79 Å². The molecule has 0 saturated heterocycles. The van der Waals surface area contributed by atoms with Gasteiger partial charge in [0.1, 0.15) is 0 Å². The van der Waals surface area contributed by atoms with Crippen molar-refractivity contribution in [2.45, 2.75) is 26.7 Å². The SMILES string of the molecule is Cc1nc(=O)[nH]c(C)c1CCC(=O)Nc1ccc(-c2cc(=O)[nH][nH]2)cc1. The van der Waals surface area contributed by atoms with Gasteiger partial charge < -0.3 is 10.3 Å². The van der Waals surface area contributed by atoms with E-state index in [1.54, 1.807) is 26.0 Å². The normalized spacial score (nSPS) is 10.7. The zero-order valence-corrected chi connectivity index (χ0v) is 14.5. The lowest BCUT2D eigenvalue weighted by Crippen LogP contribution is -2.18. The lowest BCUT2D eigenvalue weighted by Gasteiger charge is -2.09. The van der Waals surface area contributed by atoms with Crippen molar-refractivity contribution in [3.63, 3.8) is 0 Å². The Bertz CT molecular complexity index is 1020. The Labute approximate surface area is 148 Å². The van der Waals surface area contributed by atoms with Crippen molar-refractivity contribution in [1.82, 2.24) is 20.2 Å². The van der Waals surface area contributed by atoms with E-state index >= 15 is 0 Å². The third kappa shape index (κ3) is 3.97. The number of hydrogen-bond donors (Lipinski definition) is 4. The molecule has 0 saturated carbocycles. The lowest BCUT2D eigenvalue weighted by molar-refractivity contribution is -0.116. The third-order valence-corrected chi connectivity index (χ3v) is 4.13. The fourth-order valence-corrected chi connectivity index (χ4v) is 2.81. The standard InChI is InChI=1S/C18H19N5O3/c1-10-14(11(2)20-18(26)19-10)7-8-16(24)21-13-5-3-12(4-6-13)15-9-17(25)23-22-15/h3-6,9H,7-8H2,1-2H3,(H,21,24)(H,19,20,26)(H2,22,23,25). The molecule has 0 aliphatic heterocycles. The summed E-state index contributed by atoms with van der Waals surface area (Å²) in [6, 6.07) is 8.65. The van der Waals surface area contributed by atoms with Crippen molar-refractivity contribution in [2.24, 2.45) is 0 Å². The van der Waals surface area contributed by atoms with E-state index in [0.717, 1.165) is 16.8 Å². The molecule has 8 nitrogen and oxygen atoms in total. The van der Waals surface area contributed by atoms with Crippen molar-refractivity contribution < 1.29 is 4.79 Å². The Hall–Kier alpha value is -3.42. The average molecular weight is 353 g/mol. The quantitative estimate of drug-likeness (QED) is 0.557. The smallest absolute Gasteiger partial charge is 0.326 e. The van der Waals surface area contributed by atoms with Crippen molar-refractivity contribution in [1.29, 1.82) is 0 Å². The van der Waals surface area contributed by atoms with Gasteiger partial charge in [-0.2, -0.15) is 4.98 Å². The van der Waals surface area contributed by atoms with Crippen LogP contribution in [0.3, 0.4) is 0 Å².